The van der Waals surface area contributed by atoms with Gasteiger partial charge in [0.1, 0.15) is 11.9 Å². The van der Waals surface area contributed by atoms with E-state index in [0.29, 0.717) is 11.1 Å². The molecule has 0 saturated carbocycles. The highest BCUT2D eigenvalue weighted by atomic mass is 32.2. The van der Waals surface area contributed by atoms with E-state index < -0.39 is 5.97 Å². The van der Waals surface area contributed by atoms with Crippen LogP contribution in [0.3, 0.4) is 0 Å². The van der Waals surface area contributed by atoms with Gasteiger partial charge in [-0.1, -0.05) is 0 Å². The minimum atomic E-state index is -0.938. The lowest BCUT2D eigenvalue weighted by molar-refractivity contribution is -0.136. The number of aliphatic carboxylic acids is 1. The number of benzene rings is 1. The van der Waals surface area contributed by atoms with Crippen LogP contribution in [0.2, 0.25) is 0 Å². The number of fused-ring (bicyclic) bond motifs is 1. The van der Waals surface area contributed by atoms with Crippen molar-refractivity contribution in [3.63, 3.8) is 0 Å². The van der Waals surface area contributed by atoms with Crippen molar-refractivity contribution in [2.75, 3.05) is 6.26 Å². The molecule has 1 N–H and O–H groups in total. The molecule has 2 aromatic rings. The van der Waals surface area contributed by atoms with Gasteiger partial charge in [-0.3, -0.25) is 4.79 Å². The molecule has 0 aliphatic heterocycles. The maximum Gasteiger partial charge on any atom is 0.312 e. The number of carboxylic acids is 1. The second-order valence-corrected chi connectivity index (χ2v) is 3.89. The summed E-state index contributed by atoms with van der Waals surface area (Å²) in [6.07, 6.45) is 1.79. The lowest BCUT2D eigenvalue weighted by atomic mass is 10.3. The lowest BCUT2D eigenvalue weighted by Crippen LogP contribution is -1.99. The fourth-order valence-corrected chi connectivity index (χ4v) is 1.71. The first-order valence-electron chi connectivity index (χ1n) is 4.34. The molecular formula is C10H9NO3S. The van der Waals surface area contributed by atoms with Gasteiger partial charge in [-0.15, -0.1) is 11.8 Å². The number of aromatic nitrogens is 1. The number of nitrogens with zero attached hydrogens (tertiary/aromatic N) is 1. The van der Waals surface area contributed by atoms with Crippen LogP contribution in [-0.2, 0) is 11.2 Å². The molecule has 0 amide bonds. The maximum atomic E-state index is 10.5. The summed E-state index contributed by atoms with van der Waals surface area (Å²) in [5.41, 5.74) is 1.34. The minimum absolute atomic E-state index is 0.177. The van der Waals surface area contributed by atoms with E-state index >= 15 is 0 Å². The van der Waals surface area contributed by atoms with E-state index in [0.717, 1.165) is 4.90 Å². The Balaban J connectivity index is 2.42. The highest BCUT2D eigenvalue weighted by molar-refractivity contribution is 7.98. The summed E-state index contributed by atoms with van der Waals surface area (Å²) in [7, 11) is 0. The number of rotatable bonds is 3. The Morgan fingerprint density at radius 2 is 2.40 bits per heavy atom. The summed E-state index contributed by atoms with van der Waals surface area (Å²) in [4.78, 5) is 15.6. The predicted molar refractivity (Wildman–Crippen MR) is 57.1 cm³/mol. The SMILES string of the molecule is CSc1ccc2nc(CC(=O)O)oc2c1. The lowest BCUT2D eigenvalue weighted by Gasteiger charge is -1.92. The Morgan fingerprint density at radius 3 is 3.07 bits per heavy atom. The number of thioether (sulfide) groups is 1. The van der Waals surface area contributed by atoms with E-state index in [9.17, 15) is 4.79 Å². The molecule has 1 aromatic carbocycles. The maximum absolute atomic E-state index is 10.5. The summed E-state index contributed by atoms with van der Waals surface area (Å²) in [6, 6.07) is 5.62. The van der Waals surface area contributed by atoms with E-state index in [2.05, 4.69) is 4.98 Å². The Labute approximate surface area is 90.3 Å². The zero-order valence-corrected chi connectivity index (χ0v) is 8.87. The standard InChI is InChI=1S/C10H9NO3S/c1-15-6-2-3-7-8(4-6)14-9(11-7)5-10(12)13/h2-4H,5H2,1H3,(H,12,13). The van der Waals surface area contributed by atoms with Crippen LogP contribution in [0.15, 0.2) is 27.5 Å². The predicted octanol–water partition coefficient (Wildman–Crippen LogP) is 2.18. The van der Waals surface area contributed by atoms with Crippen LogP contribution < -0.4 is 0 Å². The van der Waals surface area contributed by atoms with E-state index in [4.69, 9.17) is 9.52 Å². The van der Waals surface area contributed by atoms with Gasteiger partial charge in [-0.25, -0.2) is 4.98 Å². The van der Waals surface area contributed by atoms with Crippen molar-refractivity contribution in [2.24, 2.45) is 0 Å². The Morgan fingerprint density at radius 1 is 1.60 bits per heavy atom. The third-order valence-corrected chi connectivity index (χ3v) is 2.67. The monoisotopic (exact) mass is 223 g/mol. The summed E-state index contributed by atoms with van der Waals surface area (Å²) in [5.74, 6) is -0.692. The molecule has 4 nitrogen and oxygen atoms in total. The average molecular weight is 223 g/mol. The molecule has 0 aliphatic carbocycles. The minimum Gasteiger partial charge on any atom is -0.481 e. The van der Waals surface area contributed by atoms with Crippen molar-refractivity contribution in [3.05, 3.63) is 24.1 Å². The van der Waals surface area contributed by atoms with E-state index in [1.807, 2.05) is 24.5 Å². The van der Waals surface area contributed by atoms with Crippen LogP contribution in [0.5, 0.6) is 0 Å². The van der Waals surface area contributed by atoms with Gasteiger partial charge in [0, 0.05) is 4.90 Å². The third-order valence-electron chi connectivity index (χ3n) is 1.94. The number of carbonyl (C=O) groups is 1. The van der Waals surface area contributed by atoms with Crippen molar-refractivity contribution in [3.8, 4) is 0 Å². The van der Waals surface area contributed by atoms with Crippen LogP contribution in [0.4, 0.5) is 0 Å². The van der Waals surface area contributed by atoms with Gasteiger partial charge in [-0.2, -0.15) is 0 Å². The summed E-state index contributed by atoms with van der Waals surface area (Å²) in [6.45, 7) is 0. The molecule has 78 valence electrons. The van der Waals surface area contributed by atoms with E-state index in [1.165, 1.54) is 0 Å². The number of oxazole rings is 1. The van der Waals surface area contributed by atoms with Gasteiger partial charge < -0.3 is 9.52 Å². The van der Waals surface area contributed by atoms with Gasteiger partial charge in [0.05, 0.1) is 0 Å². The summed E-state index contributed by atoms with van der Waals surface area (Å²) in [5, 5.41) is 8.59. The summed E-state index contributed by atoms with van der Waals surface area (Å²) >= 11 is 1.60. The molecule has 1 heterocycles. The zero-order valence-electron chi connectivity index (χ0n) is 8.06. The number of hydrogen-bond donors (Lipinski definition) is 1. The van der Waals surface area contributed by atoms with Gasteiger partial charge in [-0.05, 0) is 24.5 Å². The molecule has 5 heteroatoms. The molecule has 0 atom stereocenters. The van der Waals surface area contributed by atoms with Crippen molar-refractivity contribution in [1.29, 1.82) is 0 Å². The molecule has 2 rings (SSSR count). The molecule has 1 aromatic heterocycles. The highest BCUT2D eigenvalue weighted by Crippen LogP contribution is 2.22. The first-order chi connectivity index (χ1) is 7.19. The van der Waals surface area contributed by atoms with Crippen LogP contribution in [0, 0.1) is 0 Å². The highest BCUT2D eigenvalue weighted by Gasteiger charge is 2.09. The van der Waals surface area contributed by atoms with Crippen LogP contribution >= 0.6 is 11.8 Å². The van der Waals surface area contributed by atoms with Crippen molar-refractivity contribution in [2.45, 2.75) is 11.3 Å². The van der Waals surface area contributed by atoms with Gasteiger partial charge in [0.25, 0.3) is 0 Å². The van der Waals surface area contributed by atoms with Crippen LogP contribution in [-0.4, -0.2) is 22.3 Å². The zero-order chi connectivity index (χ0) is 10.8. The molecule has 0 radical (unpaired) electrons. The second kappa shape index (κ2) is 3.94. The van der Waals surface area contributed by atoms with Gasteiger partial charge >= 0.3 is 5.97 Å². The molecule has 0 saturated heterocycles. The molecule has 0 aliphatic rings. The Bertz CT molecular complexity index is 506. The molecule has 0 spiro atoms. The topological polar surface area (TPSA) is 63.3 Å². The molecule has 0 unspecified atom stereocenters. The van der Waals surface area contributed by atoms with Gasteiger partial charge in [0.15, 0.2) is 5.58 Å². The van der Waals surface area contributed by atoms with Crippen LogP contribution in [0.1, 0.15) is 5.89 Å². The number of carboxylic acid groups (broad SMARTS) is 1. The third kappa shape index (κ3) is 2.12. The average Bonchev–Trinajstić information content (AvgIpc) is 2.57. The Hall–Kier alpha value is -1.49. The van der Waals surface area contributed by atoms with Crippen LogP contribution in [0.25, 0.3) is 11.1 Å². The van der Waals surface area contributed by atoms with Crippen molar-refractivity contribution < 1.29 is 14.3 Å². The first-order valence-corrected chi connectivity index (χ1v) is 5.57. The van der Waals surface area contributed by atoms with E-state index in [-0.39, 0.29) is 12.3 Å². The van der Waals surface area contributed by atoms with Crippen molar-refractivity contribution >= 4 is 28.8 Å². The first kappa shape index (κ1) is 10.0. The second-order valence-electron chi connectivity index (χ2n) is 3.01. The fraction of sp³-hybridized carbons (Fsp3) is 0.200. The quantitative estimate of drug-likeness (QED) is 0.808. The Kier molecular flexibility index (Phi) is 2.64. The summed E-state index contributed by atoms with van der Waals surface area (Å²) < 4.78 is 5.32. The van der Waals surface area contributed by atoms with Gasteiger partial charge in [0.2, 0.25) is 5.89 Å². The molecule has 0 fully saturated rings. The van der Waals surface area contributed by atoms with Crippen molar-refractivity contribution in [1.82, 2.24) is 4.98 Å². The van der Waals surface area contributed by atoms with E-state index in [1.54, 1.807) is 11.8 Å². The normalized spacial score (nSPS) is 10.7. The fourth-order valence-electron chi connectivity index (χ4n) is 1.28. The smallest absolute Gasteiger partial charge is 0.312 e. The molecule has 0 bridgehead atoms. The number of hydrogen-bond acceptors (Lipinski definition) is 4. The molecule has 15 heavy (non-hydrogen) atoms. The largest absolute Gasteiger partial charge is 0.481 e. The molecular weight excluding hydrogens is 214 g/mol.